The molecule has 1 saturated heterocycles. The molecule has 33 heavy (non-hydrogen) atoms. The maximum atomic E-state index is 12.8. The van der Waals surface area contributed by atoms with Crippen molar-refractivity contribution in [2.75, 3.05) is 18.4 Å². The maximum Gasteiger partial charge on any atom is 0.253 e. The number of likely N-dealkylation sites (tertiary alicyclic amines) is 1. The van der Waals surface area contributed by atoms with Crippen molar-refractivity contribution >= 4 is 28.7 Å². The lowest BCUT2D eigenvalue weighted by Gasteiger charge is -2.31. The fraction of sp³-hybridized carbons (Fsp3) is 0.458. The molecule has 1 fully saturated rings. The quantitative estimate of drug-likeness (QED) is 0.620. The van der Waals surface area contributed by atoms with Crippen molar-refractivity contribution in [3.8, 4) is 0 Å². The molecule has 9 heteroatoms. The van der Waals surface area contributed by atoms with E-state index < -0.39 is 0 Å². The highest BCUT2D eigenvalue weighted by molar-refractivity contribution is 5.92. The minimum atomic E-state index is -0.170. The van der Waals surface area contributed by atoms with Crippen LogP contribution in [0.25, 0.3) is 11.0 Å². The van der Waals surface area contributed by atoms with E-state index in [0.717, 1.165) is 22.2 Å². The van der Waals surface area contributed by atoms with Crippen molar-refractivity contribution in [2.24, 2.45) is 13.0 Å². The number of aromatic amines is 1. The standard InChI is InChI=1S/C24H30N6O3/c1-14-5-7-19(25-13-14)26-23(32)17-9-11-30(12-10-17)20(31)8-6-18-15(2)21-16(3)28-29(4)22(21)27-24(18)33/h5,7,13,17H,6,8-12H2,1-4H3,(H,27,33)(H,25,26,32). The molecular weight excluding hydrogens is 420 g/mol. The van der Waals surface area contributed by atoms with Crippen molar-refractivity contribution in [2.45, 2.75) is 46.5 Å². The molecule has 0 bridgehead atoms. The molecule has 1 aliphatic rings. The summed E-state index contributed by atoms with van der Waals surface area (Å²) in [6.07, 6.45) is 3.59. The second-order valence-electron chi connectivity index (χ2n) is 8.86. The molecule has 2 N–H and O–H groups in total. The summed E-state index contributed by atoms with van der Waals surface area (Å²) in [4.78, 5) is 46.9. The van der Waals surface area contributed by atoms with Crippen molar-refractivity contribution in [1.82, 2.24) is 24.6 Å². The van der Waals surface area contributed by atoms with Crippen molar-refractivity contribution < 1.29 is 9.59 Å². The number of hydrogen-bond donors (Lipinski definition) is 2. The maximum absolute atomic E-state index is 12.8. The molecular formula is C24H30N6O3. The van der Waals surface area contributed by atoms with E-state index in [9.17, 15) is 14.4 Å². The normalized spacial score (nSPS) is 14.6. The molecule has 3 aromatic heterocycles. The lowest BCUT2D eigenvalue weighted by molar-refractivity contribution is -0.134. The van der Waals surface area contributed by atoms with Crippen LogP contribution >= 0.6 is 0 Å². The number of carbonyl (C=O) groups is 2. The summed E-state index contributed by atoms with van der Waals surface area (Å²) < 4.78 is 1.67. The summed E-state index contributed by atoms with van der Waals surface area (Å²) in [5.41, 5.74) is 3.93. The van der Waals surface area contributed by atoms with Gasteiger partial charge >= 0.3 is 0 Å². The Balaban J connectivity index is 1.33. The predicted octanol–water partition coefficient (Wildman–Crippen LogP) is 2.39. The largest absolute Gasteiger partial charge is 0.343 e. The van der Waals surface area contributed by atoms with Gasteiger partial charge < -0.3 is 15.2 Å². The summed E-state index contributed by atoms with van der Waals surface area (Å²) in [6.45, 7) is 6.85. The number of carbonyl (C=O) groups excluding carboxylic acids is 2. The molecule has 0 aromatic carbocycles. The molecule has 9 nitrogen and oxygen atoms in total. The third kappa shape index (κ3) is 4.67. The number of piperidine rings is 1. The summed E-state index contributed by atoms with van der Waals surface area (Å²) in [7, 11) is 1.80. The van der Waals surface area contributed by atoms with Crippen LogP contribution < -0.4 is 10.9 Å². The molecule has 4 heterocycles. The third-order valence-corrected chi connectivity index (χ3v) is 6.53. The number of pyridine rings is 2. The summed E-state index contributed by atoms with van der Waals surface area (Å²) >= 11 is 0. The van der Waals surface area contributed by atoms with Gasteiger partial charge in [-0.3, -0.25) is 19.1 Å². The van der Waals surface area contributed by atoms with Gasteiger partial charge in [-0.15, -0.1) is 0 Å². The van der Waals surface area contributed by atoms with Gasteiger partial charge in [0, 0.05) is 49.6 Å². The highest BCUT2D eigenvalue weighted by Crippen LogP contribution is 2.23. The van der Waals surface area contributed by atoms with Gasteiger partial charge in [0.2, 0.25) is 11.8 Å². The zero-order valence-corrected chi connectivity index (χ0v) is 19.6. The number of aromatic nitrogens is 4. The summed E-state index contributed by atoms with van der Waals surface area (Å²) in [5, 5.41) is 8.19. The Morgan fingerprint density at radius 1 is 1.18 bits per heavy atom. The monoisotopic (exact) mass is 450 g/mol. The predicted molar refractivity (Wildman–Crippen MR) is 126 cm³/mol. The summed E-state index contributed by atoms with van der Waals surface area (Å²) in [6, 6.07) is 3.70. The minimum absolute atomic E-state index is 0.0101. The van der Waals surface area contributed by atoms with E-state index in [1.54, 1.807) is 28.9 Å². The highest BCUT2D eigenvalue weighted by Gasteiger charge is 2.27. The first kappa shape index (κ1) is 22.7. The van der Waals surface area contributed by atoms with E-state index in [2.05, 4.69) is 20.4 Å². The lowest BCUT2D eigenvalue weighted by Crippen LogP contribution is -2.41. The van der Waals surface area contributed by atoms with Crippen LogP contribution in [0.3, 0.4) is 0 Å². The van der Waals surface area contributed by atoms with Crippen LogP contribution in [0.5, 0.6) is 0 Å². The van der Waals surface area contributed by atoms with E-state index in [0.29, 0.717) is 49.4 Å². The number of rotatable bonds is 5. The fourth-order valence-corrected chi connectivity index (χ4v) is 4.61. The lowest BCUT2D eigenvalue weighted by atomic mass is 9.95. The van der Waals surface area contributed by atoms with Crippen molar-refractivity contribution in [3.63, 3.8) is 0 Å². The first-order chi connectivity index (χ1) is 15.7. The summed E-state index contributed by atoms with van der Waals surface area (Å²) in [5.74, 6) is 0.361. The Bertz CT molecular complexity index is 1250. The Hall–Kier alpha value is -3.49. The van der Waals surface area contributed by atoms with Gasteiger partial charge in [0.05, 0.1) is 5.69 Å². The van der Waals surface area contributed by atoms with Crippen LogP contribution in [0.15, 0.2) is 23.1 Å². The average Bonchev–Trinajstić information content (AvgIpc) is 3.08. The van der Waals surface area contributed by atoms with Gasteiger partial charge in [0.1, 0.15) is 11.5 Å². The number of fused-ring (bicyclic) bond motifs is 1. The first-order valence-electron chi connectivity index (χ1n) is 11.3. The molecule has 0 radical (unpaired) electrons. The average molecular weight is 451 g/mol. The SMILES string of the molecule is Cc1ccc(NC(=O)C2CCN(C(=O)CCc3c(C)c4c(C)nn(C)c4[nH]c3=O)CC2)nc1. The molecule has 174 valence electrons. The van der Waals surface area contributed by atoms with Crippen molar-refractivity contribution in [3.05, 3.63) is 51.1 Å². The molecule has 4 rings (SSSR count). The molecule has 0 aliphatic carbocycles. The first-order valence-corrected chi connectivity index (χ1v) is 11.3. The minimum Gasteiger partial charge on any atom is -0.343 e. The van der Waals surface area contributed by atoms with Gasteiger partial charge in [-0.05, 0) is 57.2 Å². The van der Waals surface area contributed by atoms with Crippen LogP contribution in [0, 0.1) is 26.7 Å². The third-order valence-electron chi connectivity index (χ3n) is 6.53. The fourth-order valence-electron chi connectivity index (χ4n) is 4.61. The van der Waals surface area contributed by atoms with Gasteiger partial charge in [0.25, 0.3) is 5.56 Å². The van der Waals surface area contributed by atoms with Crippen LogP contribution in [0.2, 0.25) is 0 Å². The van der Waals surface area contributed by atoms with Crippen LogP contribution in [-0.2, 0) is 23.1 Å². The van der Waals surface area contributed by atoms with E-state index in [4.69, 9.17) is 0 Å². The number of H-pyrrole nitrogens is 1. The molecule has 0 atom stereocenters. The number of amides is 2. The number of aryl methyl sites for hydroxylation is 4. The second-order valence-corrected chi connectivity index (χ2v) is 8.86. The smallest absolute Gasteiger partial charge is 0.253 e. The van der Waals surface area contributed by atoms with E-state index in [-0.39, 0.29) is 29.7 Å². The topological polar surface area (TPSA) is 113 Å². The van der Waals surface area contributed by atoms with Gasteiger partial charge in [-0.25, -0.2) is 4.98 Å². The number of nitrogens with one attached hydrogen (secondary N) is 2. The highest BCUT2D eigenvalue weighted by atomic mass is 16.2. The Morgan fingerprint density at radius 2 is 1.91 bits per heavy atom. The van der Waals surface area contributed by atoms with E-state index >= 15 is 0 Å². The van der Waals surface area contributed by atoms with E-state index in [1.807, 2.05) is 26.8 Å². The zero-order valence-electron chi connectivity index (χ0n) is 19.6. The van der Waals surface area contributed by atoms with Crippen LogP contribution in [-0.4, -0.2) is 49.6 Å². The van der Waals surface area contributed by atoms with Gasteiger partial charge in [-0.1, -0.05) is 6.07 Å². The van der Waals surface area contributed by atoms with Gasteiger partial charge in [0.15, 0.2) is 0 Å². The second kappa shape index (κ2) is 9.17. The molecule has 1 aliphatic heterocycles. The molecule has 0 saturated carbocycles. The molecule has 0 spiro atoms. The van der Waals surface area contributed by atoms with Gasteiger partial charge in [-0.2, -0.15) is 5.10 Å². The van der Waals surface area contributed by atoms with Crippen LogP contribution in [0.4, 0.5) is 5.82 Å². The van der Waals surface area contributed by atoms with Crippen molar-refractivity contribution in [1.29, 1.82) is 0 Å². The number of nitrogens with zero attached hydrogens (tertiary/aromatic N) is 4. The van der Waals surface area contributed by atoms with E-state index in [1.165, 1.54) is 0 Å². The zero-order chi connectivity index (χ0) is 23.7. The molecule has 0 unspecified atom stereocenters. The molecule has 2 amide bonds. The number of hydrogen-bond acceptors (Lipinski definition) is 5. The Kier molecular flexibility index (Phi) is 6.31. The van der Waals surface area contributed by atoms with Crippen LogP contribution in [0.1, 0.15) is 41.6 Å². The number of anilines is 1. The Labute approximate surface area is 192 Å². The molecule has 3 aromatic rings. The Morgan fingerprint density at radius 3 is 2.58 bits per heavy atom.